The molecule has 120 valence electrons. The van der Waals surface area contributed by atoms with Crippen molar-refractivity contribution < 1.29 is 28.9 Å². The van der Waals surface area contributed by atoms with Crippen molar-refractivity contribution in [1.82, 2.24) is 0 Å². The lowest BCUT2D eigenvalue weighted by molar-refractivity contribution is -2.00. The van der Waals surface area contributed by atoms with Gasteiger partial charge in [0.15, 0.2) is 9.79 Å². The standard InChI is InChI=1S/C15H16ClS.ClHO4/c16-12-7-13-17(14-8-3-1-4-9-14)15-10-5-2-6-11-15;2-1(3,4)5/h1-6,8-11H,7,12-13H2;(H,2,3,4,5)/q+1;/p-1. The number of rotatable bonds is 5. The lowest BCUT2D eigenvalue weighted by Gasteiger charge is -2.17. The van der Waals surface area contributed by atoms with Crippen molar-refractivity contribution >= 4 is 22.5 Å². The highest BCUT2D eigenvalue weighted by Crippen LogP contribution is 2.23. The van der Waals surface area contributed by atoms with Gasteiger partial charge >= 0.3 is 0 Å². The molecule has 0 saturated carbocycles. The maximum atomic E-state index is 8.49. The highest BCUT2D eigenvalue weighted by atomic mass is 35.7. The number of benzene rings is 2. The fourth-order valence-corrected chi connectivity index (χ4v) is 4.18. The predicted octanol–water partition coefficient (Wildman–Crippen LogP) is -0.404. The lowest BCUT2D eigenvalue weighted by Crippen LogP contribution is -2.68. The van der Waals surface area contributed by atoms with Gasteiger partial charge < -0.3 is 0 Å². The average molecular weight is 363 g/mol. The monoisotopic (exact) mass is 362 g/mol. The van der Waals surface area contributed by atoms with Crippen LogP contribution in [0, 0.1) is 10.2 Å². The van der Waals surface area contributed by atoms with Crippen molar-refractivity contribution in [2.24, 2.45) is 0 Å². The van der Waals surface area contributed by atoms with E-state index in [4.69, 9.17) is 30.2 Å². The molecule has 0 amide bonds. The van der Waals surface area contributed by atoms with Crippen LogP contribution in [-0.4, -0.2) is 11.6 Å². The Bertz CT molecular complexity index is 475. The van der Waals surface area contributed by atoms with Crippen molar-refractivity contribution in [3.8, 4) is 0 Å². The van der Waals surface area contributed by atoms with Crippen LogP contribution in [0.4, 0.5) is 0 Å². The third-order valence-corrected chi connectivity index (χ3v) is 5.18. The van der Waals surface area contributed by atoms with E-state index in [-0.39, 0.29) is 10.9 Å². The van der Waals surface area contributed by atoms with Crippen LogP contribution in [-0.2, 0) is 10.9 Å². The van der Waals surface area contributed by atoms with Gasteiger partial charge in [0.05, 0.1) is 10.9 Å². The lowest BCUT2D eigenvalue weighted by atomic mass is 10.4. The van der Waals surface area contributed by atoms with Crippen molar-refractivity contribution in [2.75, 3.05) is 11.6 Å². The molecule has 2 aromatic rings. The Hall–Kier alpha value is -0.790. The quantitative estimate of drug-likeness (QED) is 0.534. The molecule has 2 aromatic carbocycles. The van der Waals surface area contributed by atoms with E-state index in [1.165, 1.54) is 9.79 Å². The van der Waals surface area contributed by atoms with Crippen molar-refractivity contribution in [2.45, 2.75) is 16.2 Å². The minimum Gasteiger partial charge on any atom is -0.222 e. The first-order valence-electron chi connectivity index (χ1n) is 6.40. The van der Waals surface area contributed by atoms with Crippen molar-refractivity contribution in [1.29, 1.82) is 0 Å². The summed E-state index contributed by atoms with van der Waals surface area (Å²) >= 11 is 5.82. The molecule has 0 aliphatic heterocycles. The fraction of sp³-hybridized carbons (Fsp3) is 0.200. The molecular formula is C15H16Cl2O4S. The molecule has 0 bridgehead atoms. The van der Waals surface area contributed by atoms with Crippen LogP contribution in [0.25, 0.3) is 0 Å². The van der Waals surface area contributed by atoms with Crippen LogP contribution in [0.1, 0.15) is 6.42 Å². The van der Waals surface area contributed by atoms with Gasteiger partial charge in [-0.25, -0.2) is 18.6 Å². The molecule has 2 rings (SSSR count). The summed E-state index contributed by atoms with van der Waals surface area (Å²) in [6.07, 6.45) is 1.06. The van der Waals surface area contributed by atoms with Gasteiger partial charge in [0.1, 0.15) is 5.75 Å². The average Bonchev–Trinajstić information content (AvgIpc) is 2.48. The molecule has 0 unspecified atom stereocenters. The Kier molecular flexibility index (Phi) is 8.82. The molecule has 0 saturated heterocycles. The van der Waals surface area contributed by atoms with E-state index in [0.29, 0.717) is 0 Å². The van der Waals surface area contributed by atoms with Gasteiger partial charge in [0.25, 0.3) is 0 Å². The molecule has 0 N–H and O–H groups in total. The van der Waals surface area contributed by atoms with Gasteiger partial charge in [0, 0.05) is 12.3 Å². The molecule has 0 heterocycles. The second-order valence-corrected chi connectivity index (χ2v) is 7.41. The van der Waals surface area contributed by atoms with Crippen LogP contribution in [0.2, 0.25) is 0 Å². The van der Waals surface area contributed by atoms with E-state index in [0.717, 1.165) is 18.1 Å². The predicted molar refractivity (Wildman–Crippen MR) is 77.0 cm³/mol. The molecule has 0 fully saturated rings. The second-order valence-electron chi connectivity index (χ2n) is 4.14. The van der Waals surface area contributed by atoms with Gasteiger partial charge in [-0.1, -0.05) is 36.4 Å². The smallest absolute Gasteiger partial charge is 0.160 e. The van der Waals surface area contributed by atoms with Crippen LogP contribution in [0.5, 0.6) is 0 Å². The van der Waals surface area contributed by atoms with E-state index >= 15 is 0 Å². The normalized spacial score (nSPS) is 11.0. The van der Waals surface area contributed by atoms with Crippen LogP contribution >= 0.6 is 11.6 Å². The molecule has 4 nitrogen and oxygen atoms in total. The minimum atomic E-state index is -4.94. The third kappa shape index (κ3) is 8.60. The summed E-state index contributed by atoms with van der Waals surface area (Å²) in [5.41, 5.74) is 0. The summed E-state index contributed by atoms with van der Waals surface area (Å²) in [5, 5.41) is 0. The molecule has 0 aromatic heterocycles. The van der Waals surface area contributed by atoms with E-state index in [9.17, 15) is 0 Å². The first-order valence-corrected chi connectivity index (χ1v) is 9.57. The maximum Gasteiger partial charge on any atom is 0.160 e. The van der Waals surface area contributed by atoms with Crippen LogP contribution in [0.15, 0.2) is 70.5 Å². The van der Waals surface area contributed by atoms with E-state index in [2.05, 4.69) is 60.7 Å². The summed E-state index contributed by atoms with van der Waals surface area (Å²) in [7, 11) is -4.78. The third-order valence-electron chi connectivity index (χ3n) is 2.54. The molecule has 0 aliphatic rings. The Morgan fingerprint density at radius 3 is 1.45 bits per heavy atom. The Morgan fingerprint density at radius 2 is 1.14 bits per heavy atom. The molecule has 0 aliphatic carbocycles. The Balaban J connectivity index is 0.000000422. The first-order chi connectivity index (χ1) is 10.4. The van der Waals surface area contributed by atoms with Gasteiger partial charge in [-0.05, 0) is 24.3 Å². The number of hydrogen-bond donors (Lipinski definition) is 0. The van der Waals surface area contributed by atoms with Crippen molar-refractivity contribution in [3.63, 3.8) is 0 Å². The summed E-state index contributed by atoms with van der Waals surface area (Å²) in [6.45, 7) is 0. The molecule has 22 heavy (non-hydrogen) atoms. The molecule has 0 spiro atoms. The SMILES string of the molecule is ClCCC[S+](c1ccccc1)c1ccccc1.[O-][Cl+3]([O-])([O-])[O-]. The minimum absolute atomic E-state index is 0.164. The van der Waals surface area contributed by atoms with Crippen LogP contribution < -0.4 is 18.6 Å². The molecule has 0 radical (unpaired) electrons. The zero-order valence-corrected chi connectivity index (χ0v) is 14.0. The number of alkyl halides is 1. The maximum absolute atomic E-state index is 8.49. The second kappa shape index (κ2) is 10.1. The van der Waals surface area contributed by atoms with Gasteiger partial charge in [-0.2, -0.15) is 0 Å². The summed E-state index contributed by atoms with van der Waals surface area (Å²) in [6, 6.07) is 21.4. The van der Waals surface area contributed by atoms with E-state index in [1.807, 2.05) is 0 Å². The highest BCUT2D eigenvalue weighted by Gasteiger charge is 2.23. The van der Waals surface area contributed by atoms with E-state index < -0.39 is 10.2 Å². The molecule has 0 atom stereocenters. The topological polar surface area (TPSA) is 92.2 Å². The molecular weight excluding hydrogens is 347 g/mol. The molecule has 7 heteroatoms. The van der Waals surface area contributed by atoms with Crippen LogP contribution in [0.3, 0.4) is 0 Å². The Labute approximate surface area is 140 Å². The number of hydrogen-bond acceptors (Lipinski definition) is 4. The highest BCUT2D eigenvalue weighted by molar-refractivity contribution is 7.97. The zero-order valence-electron chi connectivity index (χ0n) is 11.7. The van der Waals surface area contributed by atoms with Gasteiger partial charge in [-0.15, -0.1) is 21.8 Å². The van der Waals surface area contributed by atoms with E-state index in [1.54, 1.807) is 0 Å². The van der Waals surface area contributed by atoms with Crippen molar-refractivity contribution in [3.05, 3.63) is 60.7 Å². The summed E-state index contributed by atoms with van der Waals surface area (Å²) in [5.74, 6) is 1.88. The fourth-order valence-electron chi connectivity index (χ4n) is 1.74. The van der Waals surface area contributed by atoms with Gasteiger partial charge in [-0.3, -0.25) is 0 Å². The zero-order chi connectivity index (χ0) is 16.4. The Morgan fingerprint density at radius 1 is 0.773 bits per heavy atom. The largest absolute Gasteiger partial charge is 0.222 e. The first kappa shape index (κ1) is 19.3. The number of halogens is 2. The van der Waals surface area contributed by atoms with Gasteiger partial charge in [0.2, 0.25) is 0 Å². The summed E-state index contributed by atoms with van der Waals surface area (Å²) < 4.78 is 34.0. The summed E-state index contributed by atoms with van der Waals surface area (Å²) in [4.78, 5) is 2.81.